The van der Waals surface area contributed by atoms with Crippen LogP contribution in [0.2, 0.25) is 5.02 Å². The van der Waals surface area contributed by atoms with Crippen molar-refractivity contribution in [2.24, 2.45) is 5.92 Å². The highest BCUT2D eigenvalue weighted by atomic mass is 35.5. The van der Waals surface area contributed by atoms with Gasteiger partial charge in [0.2, 0.25) is 5.95 Å². The summed E-state index contributed by atoms with van der Waals surface area (Å²) in [5.74, 6) is -1.18. The van der Waals surface area contributed by atoms with Crippen LogP contribution in [0.5, 0.6) is 0 Å². The Hall–Kier alpha value is -3.26. The average molecular weight is 429 g/mol. The van der Waals surface area contributed by atoms with Crippen molar-refractivity contribution in [1.82, 2.24) is 19.7 Å². The Morgan fingerprint density at radius 3 is 2.53 bits per heavy atom. The molecular weight excluding hydrogens is 410 g/mol. The van der Waals surface area contributed by atoms with E-state index in [1.54, 1.807) is 24.3 Å². The molecule has 9 heteroatoms. The molecule has 30 heavy (non-hydrogen) atoms. The number of anilines is 2. The van der Waals surface area contributed by atoms with Crippen LogP contribution in [0.15, 0.2) is 42.5 Å². The summed E-state index contributed by atoms with van der Waals surface area (Å²) in [7, 11) is 0. The van der Waals surface area contributed by atoms with Crippen LogP contribution in [0.25, 0.3) is 28.0 Å². The molecule has 0 atom stereocenters. The molecular formula is C21H19ClF2N6. The number of hydrogen-bond donors (Lipinski definition) is 2. The third-order valence-corrected chi connectivity index (χ3v) is 4.77. The predicted octanol–water partition coefficient (Wildman–Crippen LogP) is 5.06. The molecule has 0 amide bonds. The minimum Gasteiger partial charge on any atom is -0.383 e. The van der Waals surface area contributed by atoms with Gasteiger partial charge >= 0.3 is 0 Å². The first-order chi connectivity index (χ1) is 14.3. The van der Waals surface area contributed by atoms with Crippen LogP contribution in [-0.4, -0.2) is 26.3 Å². The Balaban J connectivity index is 1.97. The van der Waals surface area contributed by atoms with Gasteiger partial charge in [-0.15, -0.1) is 5.10 Å². The number of nitrogen functional groups attached to an aromatic ring is 1. The van der Waals surface area contributed by atoms with Gasteiger partial charge in [-0.3, -0.25) is 0 Å². The molecule has 4 rings (SSSR count). The monoisotopic (exact) mass is 428 g/mol. The van der Waals surface area contributed by atoms with Gasteiger partial charge in [0.05, 0.1) is 16.8 Å². The van der Waals surface area contributed by atoms with E-state index in [-0.39, 0.29) is 28.7 Å². The van der Waals surface area contributed by atoms with Gasteiger partial charge < -0.3 is 11.1 Å². The van der Waals surface area contributed by atoms with Gasteiger partial charge in [-0.05, 0) is 42.3 Å². The minimum absolute atomic E-state index is 0.0163. The van der Waals surface area contributed by atoms with Gasteiger partial charge in [-0.2, -0.15) is 4.98 Å². The molecule has 0 aliphatic rings. The first kappa shape index (κ1) is 20.0. The molecule has 0 fully saturated rings. The smallest absolute Gasteiger partial charge is 0.225 e. The minimum atomic E-state index is -1.01. The summed E-state index contributed by atoms with van der Waals surface area (Å²) >= 11 is 5.97. The van der Waals surface area contributed by atoms with Crippen molar-refractivity contribution in [3.63, 3.8) is 0 Å². The third-order valence-electron chi connectivity index (χ3n) is 4.52. The van der Waals surface area contributed by atoms with Crippen molar-refractivity contribution < 1.29 is 8.78 Å². The number of nitrogens with zero attached hydrogens (tertiary/aromatic N) is 4. The summed E-state index contributed by atoms with van der Waals surface area (Å²) < 4.78 is 30.0. The number of benzene rings is 2. The van der Waals surface area contributed by atoms with Crippen LogP contribution >= 0.6 is 11.6 Å². The molecule has 2 aromatic carbocycles. The molecule has 0 bridgehead atoms. The number of nitrogens with two attached hydrogens (primary N) is 1. The maximum absolute atomic E-state index is 14.6. The number of fused-ring (bicyclic) bond motifs is 1. The molecule has 2 heterocycles. The van der Waals surface area contributed by atoms with E-state index in [1.807, 2.05) is 13.8 Å². The standard InChI is InChI=1S/C21H19ClF2N6/c1-11(2)10-26-21-27-18(14-4-3-5-15(23)17(14)24)16-19(25)30(29-20(16)28-21)13-8-6-12(22)7-9-13/h3-9,11H,10,25H2,1-2H3,(H,26,28,29). The van der Waals surface area contributed by atoms with E-state index >= 15 is 0 Å². The lowest BCUT2D eigenvalue weighted by molar-refractivity contribution is 0.511. The molecule has 0 radical (unpaired) electrons. The predicted molar refractivity (Wildman–Crippen MR) is 115 cm³/mol. The Bertz CT molecular complexity index is 1220. The van der Waals surface area contributed by atoms with E-state index in [2.05, 4.69) is 20.4 Å². The van der Waals surface area contributed by atoms with E-state index in [9.17, 15) is 8.78 Å². The highest BCUT2D eigenvalue weighted by molar-refractivity contribution is 6.30. The fraction of sp³-hybridized carbons (Fsp3) is 0.190. The zero-order valence-corrected chi connectivity index (χ0v) is 17.1. The maximum atomic E-state index is 14.6. The van der Waals surface area contributed by atoms with Gasteiger partial charge in [-0.1, -0.05) is 31.5 Å². The molecule has 4 aromatic rings. The lowest BCUT2D eigenvalue weighted by atomic mass is 10.1. The summed E-state index contributed by atoms with van der Waals surface area (Å²) in [5, 5.41) is 8.49. The van der Waals surface area contributed by atoms with E-state index in [0.29, 0.717) is 28.6 Å². The normalized spacial score (nSPS) is 11.4. The molecule has 0 saturated heterocycles. The van der Waals surface area contributed by atoms with Crippen LogP contribution < -0.4 is 11.1 Å². The Kier molecular flexibility index (Phi) is 5.26. The van der Waals surface area contributed by atoms with Gasteiger partial charge in [0, 0.05) is 17.1 Å². The topological polar surface area (TPSA) is 81.6 Å². The van der Waals surface area contributed by atoms with Gasteiger partial charge in [-0.25, -0.2) is 18.4 Å². The summed E-state index contributed by atoms with van der Waals surface area (Å²) in [6, 6.07) is 10.8. The van der Waals surface area contributed by atoms with Crippen LogP contribution in [-0.2, 0) is 0 Å². The molecule has 3 N–H and O–H groups in total. The maximum Gasteiger partial charge on any atom is 0.225 e. The quantitative estimate of drug-likeness (QED) is 0.464. The summed E-state index contributed by atoms with van der Waals surface area (Å²) in [6.07, 6.45) is 0. The lowest BCUT2D eigenvalue weighted by Crippen LogP contribution is -2.11. The van der Waals surface area contributed by atoms with Crippen LogP contribution in [0.1, 0.15) is 13.8 Å². The number of nitrogens with one attached hydrogen (secondary N) is 1. The highest BCUT2D eigenvalue weighted by Crippen LogP contribution is 2.34. The fourth-order valence-corrected chi connectivity index (χ4v) is 3.17. The van der Waals surface area contributed by atoms with Crippen molar-refractivity contribution in [2.45, 2.75) is 13.8 Å². The third kappa shape index (κ3) is 3.66. The number of rotatable bonds is 5. The highest BCUT2D eigenvalue weighted by Gasteiger charge is 2.22. The summed E-state index contributed by atoms with van der Waals surface area (Å²) in [5.41, 5.74) is 7.43. The molecule has 0 aliphatic carbocycles. The van der Waals surface area contributed by atoms with Crippen molar-refractivity contribution in [3.8, 4) is 16.9 Å². The molecule has 0 unspecified atom stereocenters. The largest absolute Gasteiger partial charge is 0.383 e. The molecule has 0 saturated carbocycles. The van der Waals surface area contributed by atoms with Crippen LogP contribution in [0.3, 0.4) is 0 Å². The average Bonchev–Trinajstić information content (AvgIpc) is 3.05. The first-order valence-electron chi connectivity index (χ1n) is 9.35. The lowest BCUT2D eigenvalue weighted by Gasteiger charge is -2.10. The van der Waals surface area contributed by atoms with Crippen LogP contribution in [0, 0.1) is 17.6 Å². The van der Waals surface area contributed by atoms with Crippen molar-refractivity contribution in [1.29, 1.82) is 0 Å². The molecule has 0 spiro atoms. The molecule has 0 aliphatic heterocycles. The van der Waals surface area contributed by atoms with Crippen molar-refractivity contribution in [3.05, 3.63) is 59.1 Å². The molecule has 2 aromatic heterocycles. The zero-order valence-electron chi connectivity index (χ0n) is 16.3. The Labute approximate surface area is 176 Å². The van der Waals surface area contributed by atoms with E-state index in [4.69, 9.17) is 17.3 Å². The van der Waals surface area contributed by atoms with E-state index in [1.165, 1.54) is 16.8 Å². The second-order valence-corrected chi connectivity index (χ2v) is 7.68. The van der Waals surface area contributed by atoms with E-state index in [0.717, 1.165) is 6.07 Å². The number of hydrogen-bond acceptors (Lipinski definition) is 5. The Morgan fingerprint density at radius 1 is 1.10 bits per heavy atom. The summed E-state index contributed by atoms with van der Waals surface area (Å²) in [4.78, 5) is 8.88. The second kappa shape index (κ2) is 7.87. The SMILES string of the molecule is CC(C)CNc1nc(-c2cccc(F)c2F)c2c(N)n(-c3ccc(Cl)cc3)nc2n1. The van der Waals surface area contributed by atoms with Crippen molar-refractivity contribution >= 4 is 34.4 Å². The van der Waals surface area contributed by atoms with Crippen molar-refractivity contribution in [2.75, 3.05) is 17.6 Å². The molecule has 6 nitrogen and oxygen atoms in total. The van der Waals surface area contributed by atoms with E-state index < -0.39 is 11.6 Å². The van der Waals surface area contributed by atoms with Gasteiger partial charge in [0.15, 0.2) is 17.3 Å². The van der Waals surface area contributed by atoms with Crippen LogP contribution in [0.4, 0.5) is 20.5 Å². The summed E-state index contributed by atoms with van der Waals surface area (Å²) in [6.45, 7) is 4.67. The second-order valence-electron chi connectivity index (χ2n) is 7.24. The number of aromatic nitrogens is 4. The first-order valence-corrected chi connectivity index (χ1v) is 9.73. The molecule has 154 valence electrons. The van der Waals surface area contributed by atoms with Gasteiger partial charge in [0.1, 0.15) is 5.82 Å². The number of halogens is 3. The Morgan fingerprint density at radius 2 is 1.83 bits per heavy atom. The fourth-order valence-electron chi connectivity index (χ4n) is 3.05. The zero-order chi connectivity index (χ0) is 21.4. The van der Waals surface area contributed by atoms with Gasteiger partial charge in [0.25, 0.3) is 0 Å².